The molecule has 186 valence electrons. The van der Waals surface area contributed by atoms with E-state index in [0.717, 1.165) is 42.5 Å². The number of benzene rings is 1. The van der Waals surface area contributed by atoms with Gasteiger partial charge in [-0.25, -0.2) is 13.3 Å². The van der Waals surface area contributed by atoms with Gasteiger partial charge in [-0.05, 0) is 37.5 Å². The highest BCUT2D eigenvalue weighted by molar-refractivity contribution is 7.89. The fourth-order valence-electron chi connectivity index (χ4n) is 3.43. The highest BCUT2D eigenvalue weighted by Crippen LogP contribution is 2.17. The second-order valence-electron chi connectivity index (χ2n) is 7.84. The van der Waals surface area contributed by atoms with Crippen LogP contribution in [0.3, 0.4) is 0 Å². The van der Waals surface area contributed by atoms with E-state index in [1.54, 1.807) is 12.1 Å². The number of sulfonamides is 1. The highest BCUT2D eigenvalue weighted by Gasteiger charge is 2.33. The van der Waals surface area contributed by atoms with Crippen molar-refractivity contribution < 1.29 is 28.0 Å². The number of nitrogens with zero attached hydrogens (tertiary/aromatic N) is 2. The molecule has 0 unspecified atom stereocenters. The molecule has 5 N–H and O–H groups in total. The zero-order valence-corrected chi connectivity index (χ0v) is 19.7. The normalized spacial score (nSPS) is 18.7. The lowest BCUT2D eigenvalue weighted by Crippen LogP contribution is -2.52. The van der Waals surface area contributed by atoms with E-state index in [1.165, 1.54) is 31.2 Å². The number of hydrogen-bond acceptors (Lipinski definition) is 9. The average molecular weight is 495 g/mol. The summed E-state index contributed by atoms with van der Waals surface area (Å²) < 4.78 is 27.3. The zero-order valence-electron chi connectivity index (χ0n) is 18.9. The molecular formula is C21H30N6O6S. The number of guanidine groups is 1. The number of rotatable bonds is 11. The molecular weight excluding hydrogens is 464 g/mol. The van der Waals surface area contributed by atoms with Crippen LogP contribution in [0.25, 0.3) is 0 Å². The number of hydrogen-bond donors (Lipinski definition) is 5. The molecule has 1 amide bonds. The van der Waals surface area contributed by atoms with E-state index >= 15 is 0 Å². The first-order valence-electron chi connectivity index (χ1n) is 11.0. The summed E-state index contributed by atoms with van der Waals surface area (Å²) in [5, 5.41) is 16.0. The van der Waals surface area contributed by atoms with Crippen LogP contribution in [0.15, 0.2) is 52.0 Å². The molecule has 3 rings (SSSR count). The van der Waals surface area contributed by atoms with Crippen molar-refractivity contribution in [2.24, 2.45) is 4.99 Å². The molecule has 34 heavy (non-hydrogen) atoms. The number of carboxylic acid groups (broad SMARTS) is 1. The predicted molar refractivity (Wildman–Crippen MR) is 124 cm³/mol. The van der Waals surface area contributed by atoms with Gasteiger partial charge in [0.1, 0.15) is 6.04 Å². The number of carbonyl (C=O) groups is 2. The summed E-state index contributed by atoms with van der Waals surface area (Å²) in [7, 11) is -4.10. The van der Waals surface area contributed by atoms with Gasteiger partial charge in [0, 0.05) is 32.3 Å². The minimum Gasteiger partial charge on any atom is -0.480 e. The van der Waals surface area contributed by atoms with Crippen LogP contribution >= 0.6 is 0 Å². The third-order valence-corrected chi connectivity index (χ3v) is 6.69. The lowest BCUT2D eigenvalue weighted by molar-refractivity contribution is -0.146. The van der Waals surface area contributed by atoms with Gasteiger partial charge < -0.3 is 20.6 Å². The Labute approximate surface area is 198 Å². The molecule has 0 aromatic heterocycles. The largest absolute Gasteiger partial charge is 0.480 e. The van der Waals surface area contributed by atoms with Gasteiger partial charge in [-0.15, -0.1) is 0 Å². The molecule has 0 fully saturated rings. The van der Waals surface area contributed by atoms with E-state index in [1.807, 2.05) is 0 Å². The standard InChI is InChI=1S/C21H30N6O6S/c1-15(28)27(14-18(20(29)30)26-34(31,32)17-8-3-2-4-9-17)19-13-16(25-33-19)7-5-10-22-21-23-11-6-12-24-21/h2-4,8-9,13,18-19,25-26H,5-7,10-12,14H2,1H3,(H,29,30)(H2,22,23,24)/t18-,19+/m0/s1. The van der Waals surface area contributed by atoms with E-state index < -0.39 is 40.7 Å². The van der Waals surface area contributed by atoms with Crippen molar-refractivity contribution in [3.63, 3.8) is 0 Å². The van der Waals surface area contributed by atoms with Gasteiger partial charge in [0.05, 0.1) is 11.4 Å². The number of aliphatic carboxylic acids is 1. The van der Waals surface area contributed by atoms with Gasteiger partial charge in [0.15, 0.2) is 12.2 Å². The van der Waals surface area contributed by atoms with Crippen molar-refractivity contribution in [1.82, 2.24) is 25.7 Å². The molecule has 1 aromatic carbocycles. The highest BCUT2D eigenvalue weighted by atomic mass is 32.2. The summed E-state index contributed by atoms with van der Waals surface area (Å²) in [6, 6.07) is 5.86. The van der Waals surface area contributed by atoms with Crippen LogP contribution in [0.2, 0.25) is 0 Å². The third-order valence-electron chi connectivity index (χ3n) is 5.21. The van der Waals surface area contributed by atoms with Crippen molar-refractivity contribution in [2.45, 2.75) is 43.4 Å². The molecule has 0 saturated carbocycles. The van der Waals surface area contributed by atoms with Crippen LogP contribution in [-0.4, -0.2) is 74.7 Å². The minimum absolute atomic E-state index is 0.0698. The van der Waals surface area contributed by atoms with Gasteiger partial charge in [0.25, 0.3) is 0 Å². The number of aliphatic imine (C=N–C) groups is 1. The van der Waals surface area contributed by atoms with Gasteiger partial charge in [-0.2, -0.15) is 4.72 Å². The second-order valence-corrected chi connectivity index (χ2v) is 9.55. The molecule has 1 aromatic rings. The van der Waals surface area contributed by atoms with Crippen LogP contribution in [0.1, 0.15) is 26.2 Å². The second kappa shape index (κ2) is 11.8. The van der Waals surface area contributed by atoms with Crippen molar-refractivity contribution in [3.05, 3.63) is 42.1 Å². The number of carboxylic acids is 1. The van der Waals surface area contributed by atoms with E-state index in [2.05, 4.69) is 25.8 Å². The van der Waals surface area contributed by atoms with Gasteiger partial charge >= 0.3 is 5.97 Å². The number of hydroxylamine groups is 1. The summed E-state index contributed by atoms with van der Waals surface area (Å²) in [6.07, 6.45) is 3.23. The fourth-order valence-corrected chi connectivity index (χ4v) is 4.63. The SMILES string of the molecule is CC(=O)N(C[C@H](NS(=O)(=O)c1ccccc1)C(=O)O)[C@H]1C=C(CCCNC2=NCCCN2)NO1. The van der Waals surface area contributed by atoms with E-state index in [0.29, 0.717) is 13.0 Å². The maximum absolute atomic E-state index is 12.6. The number of allylic oxidation sites excluding steroid dienone is 1. The zero-order chi connectivity index (χ0) is 24.6. The molecule has 0 aliphatic carbocycles. The summed E-state index contributed by atoms with van der Waals surface area (Å²) in [5.74, 6) is -1.09. The summed E-state index contributed by atoms with van der Waals surface area (Å²) in [5.41, 5.74) is 3.51. The van der Waals surface area contributed by atoms with Crippen LogP contribution < -0.4 is 20.8 Å². The molecule has 2 heterocycles. The smallest absolute Gasteiger partial charge is 0.323 e. The molecule has 0 bridgehead atoms. The predicted octanol–water partition coefficient (Wildman–Crippen LogP) is -0.269. The topological polar surface area (TPSA) is 161 Å². The molecule has 13 heteroatoms. The molecule has 2 aliphatic heterocycles. The van der Waals surface area contributed by atoms with Gasteiger partial charge in [-0.3, -0.25) is 20.1 Å². The lowest BCUT2D eigenvalue weighted by atomic mass is 10.2. The maximum Gasteiger partial charge on any atom is 0.323 e. The quantitative estimate of drug-likeness (QED) is 0.261. The van der Waals surface area contributed by atoms with E-state index in [4.69, 9.17) is 4.84 Å². The van der Waals surface area contributed by atoms with Crippen LogP contribution in [0.5, 0.6) is 0 Å². The Hall–Kier alpha value is -3.16. The summed E-state index contributed by atoms with van der Waals surface area (Å²) in [6.45, 7) is 3.24. The molecule has 0 spiro atoms. The molecule has 12 nitrogen and oxygen atoms in total. The Morgan fingerprint density at radius 3 is 2.74 bits per heavy atom. The molecule has 2 atom stereocenters. The Morgan fingerprint density at radius 2 is 2.09 bits per heavy atom. The summed E-state index contributed by atoms with van der Waals surface area (Å²) >= 11 is 0. The Bertz CT molecular complexity index is 1030. The number of carbonyl (C=O) groups excluding carboxylic acids is 1. The van der Waals surface area contributed by atoms with Gasteiger partial charge in [0.2, 0.25) is 15.9 Å². The monoisotopic (exact) mass is 494 g/mol. The van der Waals surface area contributed by atoms with Crippen molar-refractivity contribution in [1.29, 1.82) is 0 Å². The first kappa shape index (κ1) is 25.5. The van der Waals surface area contributed by atoms with Crippen molar-refractivity contribution in [2.75, 3.05) is 26.2 Å². The Morgan fingerprint density at radius 1 is 1.32 bits per heavy atom. The van der Waals surface area contributed by atoms with Crippen LogP contribution in [0, 0.1) is 0 Å². The third kappa shape index (κ3) is 7.17. The van der Waals surface area contributed by atoms with Crippen molar-refractivity contribution >= 4 is 27.9 Å². The first-order chi connectivity index (χ1) is 16.3. The molecule has 0 saturated heterocycles. The lowest BCUT2D eigenvalue weighted by Gasteiger charge is -2.28. The molecule has 0 radical (unpaired) electrons. The first-order valence-corrected chi connectivity index (χ1v) is 12.5. The molecule has 2 aliphatic rings. The maximum atomic E-state index is 12.6. The van der Waals surface area contributed by atoms with Gasteiger partial charge in [-0.1, -0.05) is 18.2 Å². The number of nitrogens with one attached hydrogen (secondary N) is 4. The van der Waals surface area contributed by atoms with Crippen molar-refractivity contribution in [3.8, 4) is 0 Å². The Balaban J connectivity index is 1.58. The fraction of sp³-hybridized carbons (Fsp3) is 0.476. The van der Waals surface area contributed by atoms with E-state index in [-0.39, 0.29) is 4.90 Å². The average Bonchev–Trinajstić information content (AvgIpc) is 3.28. The van der Waals surface area contributed by atoms with Crippen LogP contribution in [-0.2, 0) is 24.4 Å². The van der Waals surface area contributed by atoms with E-state index in [9.17, 15) is 23.1 Å². The minimum atomic E-state index is -4.10. The Kier molecular flexibility index (Phi) is 8.85. The number of amides is 1. The van der Waals surface area contributed by atoms with Crippen LogP contribution in [0.4, 0.5) is 0 Å². The summed E-state index contributed by atoms with van der Waals surface area (Å²) in [4.78, 5) is 34.9.